The minimum absolute atomic E-state index is 0.384. The Hall–Kier alpha value is -0.820. The zero-order chi connectivity index (χ0) is 11.1. The van der Waals surface area contributed by atoms with Crippen molar-refractivity contribution in [2.45, 2.75) is 45.1 Å². The number of allylic oxidation sites excluding steroid dienone is 4. The summed E-state index contributed by atoms with van der Waals surface area (Å²) in [4.78, 5) is 0. The Morgan fingerprint density at radius 2 is 2.07 bits per heavy atom. The number of aliphatic hydroxyl groups is 1. The molecule has 1 aliphatic carbocycles. The second kappa shape index (κ2) is 6.62. The monoisotopic (exact) mass is 206 g/mol. The van der Waals surface area contributed by atoms with Crippen molar-refractivity contribution in [1.29, 1.82) is 0 Å². The third-order valence-corrected chi connectivity index (χ3v) is 2.86. The first kappa shape index (κ1) is 12.3. The predicted octanol–water partition coefficient (Wildman–Crippen LogP) is 3.62. The molecule has 0 radical (unpaired) electrons. The van der Waals surface area contributed by atoms with E-state index >= 15 is 0 Å². The topological polar surface area (TPSA) is 20.2 Å². The molecule has 1 fully saturated rings. The van der Waals surface area contributed by atoms with Crippen molar-refractivity contribution < 1.29 is 5.11 Å². The summed E-state index contributed by atoms with van der Waals surface area (Å²) < 4.78 is 0. The molecule has 0 bridgehead atoms. The van der Waals surface area contributed by atoms with Crippen LogP contribution in [0.2, 0.25) is 0 Å². The molecule has 1 aliphatic rings. The molecule has 15 heavy (non-hydrogen) atoms. The van der Waals surface area contributed by atoms with E-state index < -0.39 is 0 Å². The largest absolute Gasteiger partial charge is 0.389 e. The average Bonchev–Trinajstić information content (AvgIpc) is 2.67. The van der Waals surface area contributed by atoms with Gasteiger partial charge >= 0.3 is 0 Å². The average molecular weight is 206 g/mol. The van der Waals surface area contributed by atoms with E-state index in [1.165, 1.54) is 32.1 Å². The van der Waals surface area contributed by atoms with Gasteiger partial charge in [-0.2, -0.15) is 0 Å². The van der Waals surface area contributed by atoms with Crippen molar-refractivity contribution in [3.8, 4) is 0 Å². The van der Waals surface area contributed by atoms with E-state index in [0.717, 1.165) is 11.5 Å². The van der Waals surface area contributed by atoms with Gasteiger partial charge in [0.15, 0.2) is 0 Å². The van der Waals surface area contributed by atoms with Gasteiger partial charge in [-0.05, 0) is 24.8 Å². The summed E-state index contributed by atoms with van der Waals surface area (Å²) in [6, 6.07) is 0. The van der Waals surface area contributed by atoms with Crippen molar-refractivity contribution in [3.05, 3.63) is 36.5 Å². The quantitative estimate of drug-likeness (QED) is 0.681. The molecule has 0 spiro atoms. The van der Waals surface area contributed by atoms with Crippen molar-refractivity contribution in [2.75, 3.05) is 0 Å². The molecular formula is C14H22O. The third-order valence-electron chi connectivity index (χ3n) is 2.86. The Bertz CT molecular complexity index is 242. The first-order valence-corrected chi connectivity index (χ1v) is 5.90. The molecular weight excluding hydrogens is 184 g/mol. The molecule has 0 aliphatic heterocycles. The second-order valence-electron chi connectivity index (χ2n) is 4.46. The van der Waals surface area contributed by atoms with Crippen LogP contribution in [0.25, 0.3) is 0 Å². The number of rotatable bonds is 5. The fourth-order valence-corrected chi connectivity index (χ4v) is 1.98. The summed E-state index contributed by atoms with van der Waals surface area (Å²) in [6.07, 6.45) is 14.3. The van der Waals surface area contributed by atoms with E-state index in [4.69, 9.17) is 5.11 Å². The van der Waals surface area contributed by atoms with Crippen LogP contribution in [0.3, 0.4) is 0 Å². The molecule has 1 atom stereocenters. The fraction of sp³-hybridized carbons (Fsp3) is 0.571. The number of aliphatic hydroxyl groups excluding tert-OH is 1. The molecule has 0 heterocycles. The molecule has 1 nitrogen and oxygen atoms in total. The SMILES string of the molecule is C=C(/C=C\CC1CCCC1)/C=C/C(C)O. The molecule has 0 aromatic rings. The minimum Gasteiger partial charge on any atom is -0.389 e. The zero-order valence-electron chi connectivity index (χ0n) is 9.65. The second-order valence-corrected chi connectivity index (χ2v) is 4.46. The highest BCUT2D eigenvalue weighted by Gasteiger charge is 2.12. The lowest BCUT2D eigenvalue weighted by atomic mass is 10.0. The van der Waals surface area contributed by atoms with Gasteiger partial charge in [0.2, 0.25) is 0 Å². The summed E-state index contributed by atoms with van der Waals surface area (Å²) in [5, 5.41) is 9.05. The highest BCUT2D eigenvalue weighted by molar-refractivity contribution is 5.27. The fourth-order valence-electron chi connectivity index (χ4n) is 1.98. The molecule has 0 amide bonds. The lowest BCUT2D eigenvalue weighted by molar-refractivity contribution is 0.244. The van der Waals surface area contributed by atoms with Crippen molar-refractivity contribution in [1.82, 2.24) is 0 Å². The maximum absolute atomic E-state index is 9.05. The van der Waals surface area contributed by atoms with Crippen LogP contribution >= 0.6 is 0 Å². The van der Waals surface area contributed by atoms with Gasteiger partial charge in [0.25, 0.3) is 0 Å². The first-order valence-electron chi connectivity index (χ1n) is 5.90. The molecule has 0 aromatic carbocycles. The van der Waals surface area contributed by atoms with E-state index in [9.17, 15) is 0 Å². The summed E-state index contributed by atoms with van der Waals surface area (Å²) in [5.74, 6) is 0.898. The lowest BCUT2D eigenvalue weighted by Crippen LogP contribution is -1.91. The molecule has 1 N–H and O–H groups in total. The van der Waals surface area contributed by atoms with E-state index in [-0.39, 0.29) is 6.10 Å². The van der Waals surface area contributed by atoms with Gasteiger partial charge in [-0.3, -0.25) is 0 Å². The first-order chi connectivity index (χ1) is 7.18. The Kier molecular flexibility index (Phi) is 5.41. The molecule has 0 aromatic heterocycles. The Labute approximate surface area is 93.2 Å². The van der Waals surface area contributed by atoms with Gasteiger partial charge in [0, 0.05) is 0 Å². The van der Waals surface area contributed by atoms with Crippen molar-refractivity contribution >= 4 is 0 Å². The Balaban J connectivity index is 2.21. The minimum atomic E-state index is -0.384. The van der Waals surface area contributed by atoms with E-state index in [2.05, 4.69) is 18.7 Å². The van der Waals surface area contributed by atoms with Gasteiger partial charge in [-0.1, -0.05) is 56.6 Å². The molecule has 1 saturated carbocycles. The van der Waals surface area contributed by atoms with Crippen molar-refractivity contribution in [2.24, 2.45) is 5.92 Å². The maximum Gasteiger partial charge on any atom is 0.0696 e. The van der Waals surface area contributed by atoms with E-state index in [1.54, 1.807) is 13.0 Å². The molecule has 0 saturated heterocycles. The van der Waals surface area contributed by atoms with Crippen LogP contribution in [-0.2, 0) is 0 Å². The van der Waals surface area contributed by atoms with Crippen LogP contribution in [0.15, 0.2) is 36.5 Å². The van der Waals surface area contributed by atoms with Crippen LogP contribution in [0.5, 0.6) is 0 Å². The van der Waals surface area contributed by atoms with Gasteiger partial charge in [-0.25, -0.2) is 0 Å². The lowest BCUT2D eigenvalue weighted by Gasteiger charge is -2.02. The van der Waals surface area contributed by atoms with Crippen LogP contribution in [0.1, 0.15) is 39.0 Å². The highest BCUT2D eigenvalue weighted by atomic mass is 16.3. The summed E-state index contributed by atoms with van der Waals surface area (Å²) in [6.45, 7) is 5.65. The summed E-state index contributed by atoms with van der Waals surface area (Å²) in [7, 11) is 0. The van der Waals surface area contributed by atoms with Crippen LogP contribution in [0, 0.1) is 5.92 Å². The molecule has 84 valence electrons. The number of hydrogen-bond acceptors (Lipinski definition) is 1. The van der Waals surface area contributed by atoms with E-state index in [1.807, 2.05) is 6.08 Å². The van der Waals surface area contributed by atoms with E-state index in [0.29, 0.717) is 0 Å². The summed E-state index contributed by atoms with van der Waals surface area (Å²) >= 11 is 0. The molecule has 1 heteroatoms. The number of hydrogen-bond donors (Lipinski definition) is 1. The van der Waals surface area contributed by atoms with Crippen LogP contribution in [0.4, 0.5) is 0 Å². The predicted molar refractivity (Wildman–Crippen MR) is 65.7 cm³/mol. The Morgan fingerprint density at radius 3 is 2.67 bits per heavy atom. The Morgan fingerprint density at radius 1 is 1.40 bits per heavy atom. The maximum atomic E-state index is 9.05. The standard InChI is InChI=1S/C14H22O/c1-12(10-11-13(2)15)6-5-9-14-7-3-4-8-14/h5-6,10-11,13-15H,1,3-4,7-9H2,2H3/b6-5-,11-10+. The van der Waals surface area contributed by atoms with Crippen LogP contribution in [-0.4, -0.2) is 11.2 Å². The molecule has 1 rings (SSSR count). The smallest absolute Gasteiger partial charge is 0.0696 e. The summed E-state index contributed by atoms with van der Waals surface area (Å²) in [5.41, 5.74) is 0.967. The van der Waals surface area contributed by atoms with Gasteiger partial charge in [0.1, 0.15) is 0 Å². The van der Waals surface area contributed by atoms with Gasteiger partial charge < -0.3 is 5.11 Å². The van der Waals surface area contributed by atoms with Gasteiger partial charge in [0.05, 0.1) is 6.10 Å². The normalized spacial score (nSPS) is 20.4. The van der Waals surface area contributed by atoms with Crippen molar-refractivity contribution in [3.63, 3.8) is 0 Å². The van der Waals surface area contributed by atoms with Gasteiger partial charge in [-0.15, -0.1) is 0 Å². The molecule has 1 unspecified atom stereocenters. The van der Waals surface area contributed by atoms with Crippen LogP contribution < -0.4 is 0 Å². The highest BCUT2D eigenvalue weighted by Crippen LogP contribution is 2.27. The zero-order valence-corrected chi connectivity index (χ0v) is 9.65. The third kappa shape index (κ3) is 5.58.